The second-order valence-corrected chi connectivity index (χ2v) is 15.6. The summed E-state index contributed by atoms with van der Waals surface area (Å²) in [5.41, 5.74) is 1.06. The van der Waals surface area contributed by atoms with Crippen molar-refractivity contribution in [1.82, 2.24) is 5.32 Å². The summed E-state index contributed by atoms with van der Waals surface area (Å²) in [6, 6.07) is 18.6. The van der Waals surface area contributed by atoms with Gasteiger partial charge in [-0.2, -0.15) is 0 Å². The Balaban J connectivity index is 1.18. The van der Waals surface area contributed by atoms with Gasteiger partial charge in [-0.15, -0.1) is 18.3 Å². The first-order chi connectivity index (χ1) is 20.5. The van der Waals surface area contributed by atoms with E-state index >= 15 is 0 Å². The minimum atomic E-state index is -0.606. The van der Waals surface area contributed by atoms with Crippen LogP contribution < -0.4 is 5.32 Å². The van der Waals surface area contributed by atoms with Crippen LogP contribution in [0.5, 0.6) is 0 Å². The third-order valence-electron chi connectivity index (χ3n) is 12.4. The first-order valence-corrected chi connectivity index (χ1v) is 17.0. The highest BCUT2D eigenvalue weighted by Crippen LogP contribution is 2.82. The molecule has 4 saturated carbocycles. The molecule has 2 aromatic rings. The molecule has 2 spiro atoms. The molecule has 9 atom stereocenters. The van der Waals surface area contributed by atoms with Crippen LogP contribution in [0.1, 0.15) is 70.9 Å². The van der Waals surface area contributed by atoms with Crippen molar-refractivity contribution in [3.8, 4) is 0 Å². The lowest BCUT2D eigenvalue weighted by atomic mass is 9.32. The van der Waals surface area contributed by atoms with E-state index in [1.807, 2.05) is 36.4 Å². The van der Waals surface area contributed by atoms with Gasteiger partial charge in [0, 0.05) is 40.7 Å². The van der Waals surface area contributed by atoms with Crippen LogP contribution in [0.15, 0.2) is 72.1 Å². The van der Waals surface area contributed by atoms with Gasteiger partial charge in [-0.05, 0) is 72.1 Å². The van der Waals surface area contributed by atoms with Gasteiger partial charge in [-0.25, -0.2) is 0 Å². The molecule has 43 heavy (non-hydrogen) atoms. The Morgan fingerprint density at radius 1 is 1.09 bits per heavy atom. The molecule has 0 amide bonds. The highest BCUT2D eigenvalue weighted by Gasteiger charge is 2.81. The van der Waals surface area contributed by atoms with E-state index in [9.17, 15) is 14.7 Å². The minimum Gasteiger partial charge on any atom is -0.461 e. The lowest BCUT2D eigenvalue weighted by molar-refractivity contribution is -0.257. The molecule has 2 N–H and O–H groups in total. The van der Waals surface area contributed by atoms with E-state index in [4.69, 9.17) is 4.74 Å². The van der Waals surface area contributed by atoms with Gasteiger partial charge in [-0.3, -0.25) is 9.59 Å². The maximum atomic E-state index is 13.6. The molecular weight excluding hydrogens is 554 g/mol. The molecule has 2 bridgehead atoms. The first kappa shape index (κ1) is 30.6. The first-order valence-electron chi connectivity index (χ1n) is 16.0. The largest absolute Gasteiger partial charge is 0.461 e. The summed E-state index contributed by atoms with van der Waals surface area (Å²) in [4.78, 5) is 28.1. The number of esters is 1. The van der Waals surface area contributed by atoms with Crippen molar-refractivity contribution in [2.75, 3.05) is 5.75 Å². The molecule has 6 heteroatoms. The molecule has 0 heterocycles. The summed E-state index contributed by atoms with van der Waals surface area (Å²) in [5, 5.41) is 15.3. The van der Waals surface area contributed by atoms with Crippen molar-refractivity contribution >= 4 is 23.5 Å². The number of aliphatic hydroxyl groups is 1. The molecule has 0 aromatic heterocycles. The zero-order chi connectivity index (χ0) is 30.6. The van der Waals surface area contributed by atoms with Crippen LogP contribution >= 0.6 is 11.8 Å². The van der Waals surface area contributed by atoms with E-state index in [0.29, 0.717) is 18.6 Å². The van der Waals surface area contributed by atoms with Gasteiger partial charge in [0.1, 0.15) is 11.9 Å². The topological polar surface area (TPSA) is 75.6 Å². The number of benzene rings is 2. The van der Waals surface area contributed by atoms with Crippen molar-refractivity contribution in [3.63, 3.8) is 0 Å². The number of Topliss-reactive ketones (excluding diaryl/α,β-unsaturated/α-hetero) is 1. The van der Waals surface area contributed by atoms with Gasteiger partial charge in [0.25, 0.3) is 0 Å². The zero-order valence-corrected chi connectivity index (χ0v) is 26.9. The highest BCUT2D eigenvalue weighted by atomic mass is 32.2. The van der Waals surface area contributed by atoms with Crippen LogP contribution in [0.4, 0.5) is 0 Å². The summed E-state index contributed by atoms with van der Waals surface area (Å²) in [6.45, 7) is 14.5. The summed E-state index contributed by atoms with van der Waals surface area (Å²) in [6.07, 6.45) is 4.53. The molecule has 4 fully saturated rings. The quantitative estimate of drug-likeness (QED) is 0.184. The number of hydrogen-bond acceptors (Lipinski definition) is 6. The number of carbonyl (C=O) groups is 2. The molecule has 4 aliphatic carbocycles. The van der Waals surface area contributed by atoms with Crippen molar-refractivity contribution in [2.45, 2.75) is 90.0 Å². The average molecular weight is 602 g/mol. The number of carbonyl (C=O) groups excluding carboxylic acids is 2. The van der Waals surface area contributed by atoms with E-state index in [2.05, 4.69) is 63.9 Å². The van der Waals surface area contributed by atoms with Gasteiger partial charge in [0.05, 0.1) is 11.9 Å². The lowest BCUT2D eigenvalue weighted by Gasteiger charge is -2.71. The highest BCUT2D eigenvalue weighted by molar-refractivity contribution is 8.00. The average Bonchev–Trinajstić information content (AvgIpc) is 3.19. The van der Waals surface area contributed by atoms with Crippen molar-refractivity contribution in [1.29, 1.82) is 0 Å². The van der Waals surface area contributed by atoms with E-state index in [1.165, 1.54) is 22.9 Å². The van der Waals surface area contributed by atoms with Crippen LogP contribution in [0.2, 0.25) is 0 Å². The van der Waals surface area contributed by atoms with Crippen LogP contribution in [0.3, 0.4) is 0 Å². The Morgan fingerprint density at radius 2 is 1.81 bits per heavy atom. The zero-order valence-electron chi connectivity index (χ0n) is 26.1. The normalized spacial score (nSPS) is 39.7. The molecule has 5 nitrogen and oxygen atoms in total. The second kappa shape index (κ2) is 11.2. The molecule has 0 radical (unpaired) electrons. The molecule has 6 rings (SSSR count). The number of rotatable bonds is 9. The minimum absolute atomic E-state index is 0.0491. The summed E-state index contributed by atoms with van der Waals surface area (Å²) < 4.78 is 6.48. The van der Waals surface area contributed by atoms with Crippen molar-refractivity contribution < 1.29 is 19.4 Å². The predicted molar refractivity (Wildman–Crippen MR) is 171 cm³/mol. The van der Waals surface area contributed by atoms with E-state index in [-0.39, 0.29) is 45.7 Å². The maximum Gasteiger partial charge on any atom is 0.316 e. The smallest absolute Gasteiger partial charge is 0.316 e. The van der Waals surface area contributed by atoms with Crippen LogP contribution in [-0.4, -0.2) is 34.8 Å². The Kier molecular flexibility index (Phi) is 7.96. The van der Waals surface area contributed by atoms with Gasteiger partial charge in [0.2, 0.25) is 0 Å². The standard InChI is InChI=1S/C37H47NO4S/c1-6-34(4)19-30(35(5)24(2)18-37-23-36(33(35)37,16-15-29(37)39)25(3)32(34)41)42-31(40)22-43-28-14-10-13-27(17-28)21-38-20-26-11-8-7-9-12-26/h6-14,17,24-25,30,32-33,38,41H,1,15-16,18-23H2,2-5H3/t24?,25-,30+,32-,33?,34+,35-,36?,37?/m0/s1. The van der Waals surface area contributed by atoms with Crippen molar-refractivity contribution in [3.05, 3.63) is 78.4 Å². The van der Waals surface area contributed by atoms with Gasteiger partial charge < -0.3 is 15.2 Å². The molecular formula is C37H47NO4S. The van der Waals surface area contributed by atoms with Crippen LogP contribution in [0.25, 0.3) is 0 Å². The van der Waals surface area contributed by atoms with Gasteiger partial charge >= 0.3 is 5.97 Å². The molecule has 0 aliphatic heterocycles. The van der Waals surface area contributed by atoms with E-state index < -0.39 is 17.6 Å². The van der Waals surface area contributed by atoms with Gasteiger partial charge in [0.15, 0.2) is 0 Å². The van der Waals surface area contributed by atoms with Crippen LogP contribution in [-0.2, 0) is 27.4 Å². The Labute approximate surface area is 261 Å². The Bertz CT molecular complexity index is 1400. The number of ether oxygens (including phenoxy) is 1. The Morgan fingerprint density at radius 3 is 2.56 bits per heavy atom. The number of ketones is 1. The monoisotopic (exact) mass is 601 g/mol. The number of aliphatic hydroxyl groups excluding tert-OH is 1. The summed E-state index contributed by atoms with van der Waals surface area (Å²) >= 11 is 1.50. The molecule has 0 saturated heterocycles. The number of hydrogen-bond donors (Lipinski definition) is 2. The maximum absolute atomic E-state index is 13.6. The van der Waals surface area contributed by atoms with Gasteiger partial charge in [-0.1, -0.05) is 76.2 Å². The predicted octanol–water partition coefficient (Wildman–Crippen LogP) is 6.98. The van der Waals surface area contributed by atoms with E-state index in [1.54, 1.807) is 0 Å². The fourth-order valence-corrected chi connectivity index (χ4v) is 10.8. The third kappa shape index (κ3) is 4.83. The van der Waals surface area contributed by atoms with E-state index in [0.717, 1.165) is 37.2 Å². The Hall–Kier alpha value is -2.41. The molecule has 4 unspecified atom stereocenters. The summed E-state index contributed by atoms with van der Waals surface area (Å²) in [7, 11) is 0. The fraction of sp³-hybridized carbons (Fsp3) is 0.568. The SMILES string of the molecule is C=C[C@]1(C)C[C@@H](OC(=O)CSc2cccc(CNCc3ccccc3)c2)[C@]2(C)C(C)CC34CC(CCC3=O)(C42)[C@@H](C)[C@@H]1O. The van der Waals surface area contributed by atoms with Crippen LogP contribution in [0, 0.1) is 39.4 Å². The molecule has 4 aliphatic rings. The molecule has 2 aromatic carbocycles. The van der Waals surface area contributed by atoms with Crippen molar-refractivity contribution in [2.24, 2.45) is 39.4 Å². The third-order valence-corrected chi connectivity index (χ3v) is 13.3. The fourth-order valence-electron chi connectivity index (χ4n) is 10.0. The second-order valence-electron chi connectivity index (χ2n) is 14.5. The lowest BCUT2D eigenvalue weighted by Crippen LogP contribution is -2.71. The molecule has 230 valence electrons. The summed E-state index contributed by atoms with van der Waals surface area (Å²) in [5.74, 6) is 0.787. The number of thioether (sulfide) groups is 1. The number of nitrogens with one attached hydrogen (secondary N) is 1.